The second-order valence-electron chi connectivity index (χ2n) is 8.34. The van der Waals surface area contributed by atoms with Crippen LogP contribution < -0.4 is 10.2 Å². The van der Waals surface area contributed by atoms with Crippen molar-refractivity contribution in [1.82, 2.24) is 10.3 Å². The van der Waals surface area contributed by atoms with E-state index in [2.05, 4.69) is 10.3 Å². The lowest BCUT2D eigenvalue weighted by Gasteiger charge is -2.21. The van der Waals surface area contributed by atoms with Crippen LogP contribution in [-0.4, -0.2) is 16.8 Å². The Hall–Kier alpha value is -3.48. The van der Waals surface area contributed by atoms with Crippen LogP contribution in [-0.2, 0) is 23.3 Å². The predicted molar refractivity (Wildman–Crippen MR) is 114 cm³/mol. The van der Waals surface area contributed by atoms with Crippen molar-refractivity contribution in [2.75, 3.05) is 4.90 Å². The molecule has 3 heterocycles. The summed E-state index contributed by atoms with van der Waals surface area (Å²) in [5.41, 5.74) is 1.76. The van der Waals surface area contributed by atoms with Crippen molar-refractivity contribution in [3.05, 3.63) is 82.3 Å². The zero-order chi connectivity index (χ0) is 22.3. The van der Waals surface area contributed by atoms with Crippen molar-refractivity contribution in [1.29, 1.82) is 0 Å². The van der Waals surface area contributed by atoms with Gasteiger partial charge in [-0.25, -0.2) is 4.39 Å². The monoisotopic (exact) mass is 421 g/mol. The Morgan fingerprint density at radius 3 is 2.68 bits per heavy atom. The molecule has 4 rings (SSSR count). The fourth-order valence-electron chi connectivity index (χ4n) is 3.84. The van der Waals surface area contributed by atoms with Gasteiger partial charge in [-0.15, -0.1) is 0 Å². The standard InChI is InChI=1S/C24H24FN3O3/c1-14-6-5-7-19(25)18(14)13-28-20-10-16(11-26-21(20)24(3,4)23(28)30)22(29)27-12-17-9-8-15(2)31-17/h5-11H,12-13H2,1-4H3,(H,27,29). The molecule has 2 amide bonds. The van der Waals surface area contributed by atoms with E-state index in [9.17, 15) is 14.0 Å². The first-order valence-corrected chi connectivity index (χ1v) is 10.1. The molecule has 31 heavy (non-hydrogen) atoms. The van der Waals surface area contributed by atoms with Gasteiger partial charge in [0, 0.05) is 11.8 Å². The van der Waals surface area contributed by atoms with Gasteiger partial charge in [0.25, 0.3) is 5.91 Å². The lowest BCUT2D eigenvalue weighted by molar-refractivity contribution is -0.122. The van der Waals surface area contributed by atoms with Crippen LogP contribution in [0.25, 0.3) is 0 Å². The smallest absolute Gasteiger partial charge is 0.253 e. The van der Waals surface area contributed by atoms with E-state index in [0.29, 0.717) is 28.3 Å². The van der Waals surface area contributed by atoms with Gasteiger partial charge >= 0.3 is 0 Å². The molecule has 0 atom stereocenters. The highest BCUT2D eigenvalue weighted by atomic mass is 19.1. The van der Waals surface area contributed by atoms with Gasteiger partial charge in [0.1, 0.15) is 17.3 Å². The van der Waals surface area contributed by atoms with Crippen LogP contribution in [0, 0.1) is 19.7 Å². The van der Waals surface area contributed by atoms with Crippen molar-refractivity contribution in [3.8, 4) is 0 Å². The maximum Gasteiger partial charge on any atom is 0.253 e. The number of aromatic nitrogens is 1. The topological polar surface area (TPSA) is 75.4 Å². The fourth-order valence-corrected chi connectivity index (χ4v) is 3.84. The van der Waals surface area contributed by atoms with Gasteiger partial charge in [-0.1, -0.05) is 12.1 Å². The van der Waals surface area contributed by atoms with Crippen molar-refractivity contribution < 1.29 is 18.4 Å². The molecule has 6 nitrogen and oxygen atoms in total. The highest BCUT2D eigenvalue weighted by molar-refractivity contribution is 6.08. The Bertz CT molecular complexity index is 1160. The number of furan rings is 1. The molecular formula is C24H24FN3O3. The number of carbonyl (C=O) groups excluding carboxylic acids is 2. The quantitative estimate of drug-likeness (QED) is 0.670. The Morgan fingerprint density at radius 1 is 1.23 bits per heavy atom. The van der Waals surface area contributed by atoms with E-state index in [1.165, 1.54) is 17.2 Å². The summed E-state index contributed by atoms with van der Waals surface area (Å²) >= 11 is 0. The maximum absolute atomic E-state index is 14.4. The van der Waals surface area contributed by atoms with E-state index in [4.69, 9.17) is 4.42 Å². The number of pyridine rings is 1. The zero-order valence-corrected chi connectivity index (χ0v) is 18.0. The number of hydrogen-bond acceptors (Lipinski definition) is 4. The van der Waals surface area contributed by atoms with Gasteiger partial charge in [-0.05, 0) is 57.5 Å². The molecular weight excluding hydrogens is 397 g/mol. The molecule has 3 aromatic rings. The molecule has 0 fully saturated rings. The number of nitrogens with zero attached hydrogens (tertiary/aromatic N) is 2. The Morgan fingerprint density at radius 2 is 2.00 bits per heavy atom. The molecule has 0 saturated carbocycles. The number of carbonyl (C=O) groups is 2. The average Bonchev–Trinajstić information content (AvgIpc) is 3.23. The first kappa shape index (κ1) is 20.8. The molecule has 1 aliphatic rings. The van der Waals surface area contributed by atoms with Gasteiger partial charge < -0.3 is 14.6 Å². The number of hydrogen-bond donors (Lipinski definition) is 1. The summed E-state index contributed by atoms with van der Waals surface area (Å²) in [7, 11) is 0. The Kier molecular flexibility index (Phi) is 5.13. The van der Waals surface area contributed by atoms with Crippen molar-refractivity contribution in [3.63, 3.8) is 0 Å². The summed E-state index contributed by atoms with van der Waals surface area (Å²) < 4.78 is 19.9. The summed E-state index contributed by atoms with van der Waals surface area (Å²) in [6.45, 7) is 7.53. The van der Waals surface area contributed by atoms with E-state index in [0.717, 1.165) is 11.3 Å². The number of amides is 2. The average molecular weight is 421 g/mol. The lowest BCUT2D eigenvalue weighted by Crippen LogP contribution is -2.36. The molecule has 0 saturated heterocycles. The number of aryl methyl sites for hydroxylation is 2. The van der Waals surface area contributed by atoms with Crippen molar-refractivity contribution in [2.45, 2.75) is 46.2 Å². The number of halogens is 1. The minimum Gasteiger partial charge on any atom is -0.465 e. The summed E-state index contributed by atoms with van der Waals surface area (Å²) in [6.07, 6.45) is 1.47. The van der Waals surface area contributed by atoms with Crippen LogP contribution in [0.3, 0.4) is 0 Å². The summed E-state index contributed by atoms with van der Waals surface area (Å²) in [5.74, 6) is 0.538. The Labute approximate surface area is 180 Å². The fraction of sp³-hybridized carbons (Fsp3) is 0.292. The van der Waals surface area contributed by atoms with Gasteiger partial charge in [-0.2, -0.15) is 0 Å². The number of rotatable bonds is 5. The number of fused-ring (bicyclic) bond motifs is 1. The zero-order valence-electron chi connectivity index (χ0n) is 18.0. The maximum atomic E-state index is 14.4. The second kappa shape index (κ2) is 7.65. The highest BCUT2D eigenvalue weighted by Gasteiger charge is 2.45. The number of anilines is 1. The largest absolute Gasteiger partial charge is 0.465 e. The van der Waals surface area contributed by atoms with E-state index < -0.39 is 5.41 Å². The third kappa shape index (κ3) is 3.71. The molecule has 160 valence electrons. The third-order valence-electron chi connectivity index (χ3n) is 5.68. The SMILES string of the molecule is Cc1ccc(CNC(=O)c2cnc3c(c2)N(Cc2c(C)cccc2F)C(=O)C3(C)C)o1. The molecule has 0 radical (unpaired) electrons. The minimum atomic E-state index is -0.866. The molecule has 7 heteroatoms. The molecule has 0 unspecified atom stereocenters. The van der Waals surface area contributed by atoms with Gasteiger partial charge in [0.15, 0.2) is 0 Å². The minimum absolute atomic E-state index is 0.0756. The molecule has 1 aromatic carbocycles. The van der Waals surface area contributed by atoms with Crippen LogP contribution in [0.1, 0.15) is 52.5 Å². The van der Waals surface area contributed by atoms with Crippen LogP contribution in [0.15, 0.2) is 47.0 Å². The molecule has 1 N–H and O–H groups in total. The summed E-state index contributed by atoms with van der Waals surface area (Å²) in [4.78, 5) is 31.8. The predicted octanol–water partition coefficient (Wildman–Crippen LogP) is 4.18. The van der Waals surface area contributed by atoms with Crippen LogP contribution in [0.4, 0.5) is 10.1 Å². The second-order valence-corrected chi connectivity index (χ2v) is 8.34. The Balaban J connectivity index is 1.64. The van der Waals surface area contributed by atoms with E-state index in [1.807, 2.05) is 26.0 Å². The van der Waals surface area contributed by atoms with E-state index in [-0.39, 0.29) is 30.7 Å². The molecule has 0 bridgehead atoms. The first-order valence-electron chi connectivity index (χ1n) is 10.1. The molecule has 1 aliphatic heterocycles. The highest BCUT2D eigenvalue weighted by Crippen LogP contribution is 2.41. The van der Waals surface area contributed by atoms with Crippen LogP contribution >= 0.6 is 0 Å². The molecule has 0 aliphatic carbocycles. The van der Waals surface area contributed by atoms with Gasteiger partial charge in [-0.3, -0.25) is 14.6 Å². The van der Waals surface area contributed by atoms with E-state index >= 15 is 0 Å². The normalized spacial score (nSPS) is 14.6. The first-order chi connectivity index (χ1) is 14.7. The number of nitrogens with one attached hydrogen (secondary N) is 1. The van der Waals surface area contributed by atoms with E-state index in [1.54, 1.807) is 32.0 Å². The van der Waals surface area contributed by atoms with Crippen molar-refractivity contribution in [2.24, 2.45) is 0 Å². The molecule has 2 aromatic heterocycles. The third-order valence-corrected chi connectivity index (χ3v) is 5.68. The molecule has 0 spiro atoms. The summed E-state index contributed by atoms with van der Waals surface area (Å²) in [6, 6.07) is 10.1. The van der Waals surface area contributed by atoms with Crippen molar-refractivity contribution >= 4 is 17.5 Å². The lowest BCUT2D eigenvalue weighted by atomic mass is 9.90. The summed E-state index contributed by atoms with van der Waals surface area (Å²) in [5, 5.41) is 2.80. The van der Waals surface area contributed by atoms with Crippen LogP contribution in [0.5, 0.6) is 0 Å². The van der Waals surface area contributed by atoms with Gasteiger partial charge in [0.2, 0.25) is 5.91 Å². The van der Waals surface area contributed by atoms with Gasteiger partial charge in [0.05, 0.1) is 35.4 Å². The van der Waals surface area contributed by atoms with Crippen LogP contribution in [0.2, 0.25) is 0 Å². The number of benzene rings is 1.